The molecule has 0 spiro atoms. The molecule has 0 aliphatic heterocycles. The van der Waals surface area contributed by atoms with Crippen LogP contribution in [0.15, 0.2) is 102 Å². The Kier molecular flexibility index (Phi) is 6.60. The number of rotatable bonds is 8. The van der Waals surface area contributed by atoms with E-state index in [1.165, 1.54) is 24.3 Å². The molecular formula is C24H21ClN4O3S. The minimum absolute atomic E-state index is 0.0160. The first kappa shape index (κ1) is 22.7. The molecule has 9 heteroatoms. The van der Waals surface area contributed by atoms with Crippen LogP contribution in [-0.4, -0.2) is 28.4 Å². The van der Waals surface area contributed by atoms with Gasteiger partial charge in [-0.2, -0.15) is 9.40 Å². The van der Waals surface area contributed by atoms with Crippen molar-refractivity contribution in [2.24, 2.45) is 5.73 Å². The highest BCUT2D eigenvalue weighted by Crippen LogP contribution is 2.30. The zero-order valence-electron chi connectivity index (χ0n) is 17.5. The van der Waals surface area contributed by atoms with Gasteiger partial charge in [-0.3, -0.25) is 4.79 Å². The van der Waals surface area contributed by atoms with Crippen LogP contribution < -0.4 is 5.73 Å². The number of carbonyl (C=O) groups excluding carboxylic acids is 1. The topological polar surface area (TPSA) is 98.3 Å². The third kappa shape index (κ3) is 4.98. The van der Waals surface area contributed by atoms with Gasteiger partial charge in [-0.25, -0.2) is 13.1 Å². The molecule has 0 radical (unpaired) electrons. The molecule has 0 saturated heterocycles. The van der Waals surface area contributed by atoms with Gasteiger partial charge in [0.2, 0.25) is 15.9 Å². The molecule has 7 nitrogen and oxygen atoms in total. The fraction of sp³-hybridized carbons (Fsp3) is 0.0833. The Labute approximate surface area is 197 Å². The molecule has 33 heavy (non-hydrogen) atoms. The van der Waals surface area contributed by atoms with Crippen LogP contribution >= 0.6 is 11.6 Å². The van der Waals surface area contributed by atoms with Crippen LogP contribution in [0.4, 0.5) is 0 Å². The normalized spacial score (nSPS) is 12.5. The van der Waals surface area contributed by atoms with Crippen molar-refractivity contribution in [3.63, 3.8) is 0 Å². The number of benzene rings is 3. The minimum atomic E-state index is -4.11. The summed E-state index contributed by atoms with van der Waals surface area (Å²) < 4.78 is 30.2. The first-order valence-electron chi connectivity index (χ1n) is 10.1. The van der Waals surface area contributed by atoms with Crippen LogP contribution in [0.2, 0.25) is 5.02 Å². The molecule has 0 bridgehead atoms. The smallest absolute Gasteiger partial charge is 0.244 e. The van der Waals surface area contributed by atoms with Gasteiger partial charge < -0.3 is 5.73 Å². The molecule has 0 aliphatic rings. The summed E-state index contributed by atoms with van der Waals surface area (Å²) in [5.41, 5.74) is 7.73. The van der Waals surface area contributed by atoms with Crippen molar-refractivity contribution in [3.05, 3.63) is 113 Å². The van der Waals surface area contributed by atoms with Crippen molar-refractivity contribution in [1.29, 1.82) is 0 Å². The quantitative estimate of drug-likeness (QED) is 0.413. The van der Waals surface area contributed by atoms with Gasteiger partial charge in [-0.05, 0) is 53.6 Å². The van der Waals surface area contributed by atoms with E-state index in [9.17, 15) is 13.2 Å². The highest BCUT2D eigenvalue weighted by atomic mass is 35.5. The number of aromatic nitrogens is 2. The van der Waals surface area contributed by atoms with Crippen molar-refractivity contribution >= 4 is 27.5 Å². The summed E-state index contributed by atoms with van der Waals surface area (Å²) in [5, 5.41) is 4.60. The number of hydrogen-bond donors (Lipinski definition) is 1. The summed E-state index contributed by atoms with van der Waals surface area (Å²) >= 11 is 5.95. The van der Waals surface area contributed by atoms with Crippen molar-refractivity contribution in [2.75, 3.05) is 0 Å². The Bertz CT molecular complexity index is 1330. The van der Waals surface area contributed by atoms with Crippen molar-refractivity contribution in [3.8, 4) is 5.69 Å². The van der Waals surface area contributed by atoms with E-state index in [0.717, 1.165) is 9.99 Å². The van der Waals surface area contributed by atoms with Crippen molar-refractivity contribution in [2.45, 2.75) is 17.5 Å². The van der Waals surface area contributed by atoms with E-state index in [4.69, 9.17) is 17.3 Å². The summed E-state index contributed by atoms with van der Waals surface area (Å²) in [6.07, 6.45) is 3.48. The van der Waals surface area contributed by atoms with Gasteiger partial charge in [0.1, 0.15) is 6.04 Å². The van der Waals surface area contributed by atoms with Crippen LogP contribution in [0, 0.1) is 0 Å². The number of amides is 1. The van der Waals surface area contributed by atoms with Crippen LogP contribution in [0.5, 0.6) is 0 Å². The fourth-order valence-corrected chi connectivity index (χ4v) is 5.22. The van der Waals surface area contributed by atoms with E-state index in [0.29, 0.717) is 16.1 Å². The molecule has 1 heterocycles. The van der Waals surface area contributed by atoms with E-state index < -0.39 is 22.0 Å². The maximum atomic E-state index is 13.7. The lowest BCUT2D eigenvalue weighted by atomic mass is 10.1. The predicted molar refractivity (Wildman–Crippen MR) is 126 cm³/mol. The van der Waals surface area contributed by atoms with E-state index in [2.05, 4.69) is 5.10 Å². The van der Waals surface area contributed by atoms with E-state index >= 15 is 0 Å². The molecule has 168 valence electrons. The molecule has 0 saturated carbocycles. The second-order valence-electron chi connectivity index (χ2n) is 7.34. The second kappa shape index (κ2) is 9.58. The fourth-order valence-electron chi connectivity index (χ4n) is 3.52. The molecule has 0 fully saturated rings. The lowest BCUT2D eigenvalue weighted by molar-refractivity contribution is -0.122. The molecule has 1 atom stereocenters. The summed E-state index contributed by atoms with van der Waals surface area (Å²) in [4.78, 5) is 12.6. The molecule has 4 aromatic rings. The van der Waals surface area contributed by atoms with Gasteiger partial charge in [-0.1, -0.05) is 54.1 Å². The number of nitrogens with two attached hydrogens (primary N) is 1. The summed E-state index contributed by atoms with van der Waals surface area (Å²) in [5.74, 6) is -0.771. The lowest BCUT2D eigenvalue weighted by Crippen LogP contribution is -2.41. The van der Waals surface area contributed by atoms with Gasteiger partial charge in [-0.15, -0.1) is 0 Å². The van der Waals surface area contributed by atoms with Crippen LogP contribution in [0.3, 0.4) is 0 Å². The molecule has 4 rings (SSSR count). The Morgan fingerprint density at radius 2 is 1.64 bits per heavy atom. The number of sulfonamides is 1. The Hall–Kier alpha value is -3.46. The first-order chi connectivity index (χ1) is 15.9. The monoisotopic (exact) mass is 480 g/mol. The molecule has 1 aromatic heterocycles. The highest BCUT2D eigenvalue weighted by molar-refractivity contribution is 7.89. The number of carbonyl (C=O) groups is 1. The number of primary amides is 1. The number of hydrogen-bond acceptors (Lipinski definition) is 4. The van der Waals surface area contributed by atoms with E-state index in [1.54, 1.807) is 53.3 Å². The Balaban J connectivity index is 1.77. The van der Waals surface area contributed by atoms with Crippen molar-refractivity contribution in [1.82, 2.24) is 14.1 Å². The van der Waals surface area contributed by atoms with E-state index in [1.807, 2.05) is 24.4 Å². The summed E-state index contributed by atoms with van der Waals surface area (Å²) in [6.45, 7) is -0.0627. The zero-order chi connectivity index (χ0) is 23.4. The molecule has 2 N–H and O–H groups in total. The Morgan fingerprint density at radius 3 is 2.21 bits per heavy atom. The number of halogens is 1. The summed E-state index contributed by atoms with van der Waals surface area (Å²) in [6, 6.07) is 22.3. The zero-order valence-corrected chi connectivity index (χ0v) is 19.0. The third-order valence-electron chi connectivity index (χ3n) is 5.14. The van der Waals surface area contributed by atoms with Crippen LogP contribution in [-0.2, 0) is 21.4 Å². The van der Waals surface area contributed by atoms with Crippen LogP contribution in [0.1, 0.15) is 17.2 Å². The standard InChI is InChI=1S/C24H21ClN4O3S/c25-20-9-13-22(14-10-20)33(31,32)29(23(24(26)30)19-5-2-1-3-6-19)17-18-7-11-21(12-8-18)28-16-4-15-27-28/h1-16,23H,17H2,(H2,26,30)/t23-/m1/s1. The maximum absolute atomic E-state index is 13.7. The van der Waals surface area contributed by atoms with Gasteiger partial charge in [0.25, 0.3) is 0 Å². The number of nitrogens with zero attached hydrogens (tertiary/aromatic N) is 3. The largest absolute Gasteiger partial charge is 0.368 e. The molecule has 1 amide bonds. The second-order valence-corrected chi connectivity index (χ2v) is 9.66. The van der Waals surface area contributed by atoms with Gasteiger partial charge in [0, 0.05) is 24.0 Å². The molecule has 3 aromatic carbocycles. The average molecular weight is 481 g/mol. The molecule has 0 aliphatic carbocycles. The van der Waals surface area contributed by atoms with Gasteiger partial charge in [0.05, 0.1) is 10.6 Å². The Morgan fingerprint density at radius 1 is 0.970 bits per heavy atom. The van der Waals surface area contributed by atoms with Gasteiger partial charge in [0.15, 0.2) is 0 Å². The van der Waals surface area contributed by atoms with Crippen LogP contribution in [0.25, 0.3) is 5.69 Å². The third-order valence-corrected chi connectivity index (χ3v) is 7.21. The SMILES string of the molecule is NC(=O)[C@@H](c1ccccc1)N(Cc1ccc(-n2cccn2)cc1)S(=O)(=O)c1ccc(Cl)cc1. The van der Waals surface area contributed by atoms with E-state index in [-0.39, 0.29) is 11.4 Å². The minimum Gasteiger partial charge on any atom is -0.368 e. The highest BCUT2D eigenvalue weighted by Gasteiger charge is 2.36. The maximum Gasteiger partial charge on any atom is 0.244 e. The van der Waals surface area contributed by atoms with Crippen molar-refractivity contribution < 1.29 is 13.2 Å². The first-order valence-corrected chi connectivity index (χ1v) is 11.9. The lowest BCUT2D eigenvalue weighted by Gasteiger charge is -2.29. The molecule has 0 unspecified atom stereocenters. The average Bonchev–Trinajstić information content (AvgIpc) is 3.35. The summed E-state index contributed by atoms with van der Waals surface area (Å²) in [7, 11) is -4.11. The molecular weight excluding hydrogens is 460 g/mol. The predicted octanol–water partition coefficient (Wildman–Crippen LogP) is 3.94. The van der Waals surface area contributed by atoms with Gasteiger partial charge >= 0.3 is 0 Å².